The van der Waals surface area contributed by atoms with Gasteiger partial charge in [0.1, 0.15) is 11.9 Å². The summed E-state index contributed by atoms with van der Waals surface area (Å²) in [5.41, 5.74) is 7.56. The van der Waals surface area contributed by atoms with E-state index >= 15 is 0 Å². The van der Waals surface area contributed by atoms with E-state index in [1.165, 1.54) is 4.68 Å². The van der Waals surface area contributed by atoms with Gasteiger partial charge in [-0.3, -0.25) is 14.3 Å². The first kappa shape index (κ1) is 19.3. The van der Waals surface area contributed by atoms with Gasteiger partial charge in [-0.2, -0.15) is 5.10 Å². The molecule has 3 aromatic rings. The zero-order valence-corrected chi connectivity index (χ0v) is 16.0. The molecule has 1 unspecified atom stereocenters. The molecule has 8 nitrogen and oxygen atoms in total. The summed E-state index contributed by atoms with van der Waals surface area (Å²) in [6.07, 6.45) is 7.93. The monoisotopic (exact) mass is 380 g/mol. The average Bonchev–Trinajstić information content (AvgIpc) is 3.34. The molecule has 0 saturated carbocycles. The quantitative estimate of drug-likeness (QED) is 0.582. The smallest absolute Gasteiger partial charge is 0.251 e. The molecular weight excluding hydrogens is 356 g/mol. The number of primary amides is 1. The number of aryl methyl sites for hydroxylation is 2. The van der Waals surface area contributed by atoms with E-state index in [2.05, 4.69) is 20.0 Å². The van der Waals surface area contributed by atoms with Crippen LogP contribution in [-0.2, 0) is 11.3 Å². The van der Waals surface area contributed by atoms with Crippen molar-refractivity contribution in [1.29, 1.82) is 0 Å². The number of carbonyl (C=O) groups excluding carboxylic acids is 2. The summed E-state index contributed by atoms with van der Waals surface area (Å²) in [6.45, 7) is 5.03. The summed E-state index contributed by atoms with van der Waals surface area (Å²) >= 11 is 0. The van der Waals surface area contributed by atoms with Gasteiger partial charge < -0.3 is 15.6 Å². The molecule has 0 aliphatic carbocycles. The Morgan fingerprint density at radius 2 is 2.11 bits per heavy atom. The molecule has 2 amide bonds. The van der Waals surface area contributed by atoms with Gasteiger partial charge in [0.05, 0.1) is 6.20 Å². The van der Waals surface area contributed by atoms with Crippen molar-refractivity contribution in [3.8, 4) is 11.1 Å². The first-order valence-corrected chi connectivity index (χ1v) is 9.15. The van der Waals surface area contributed by atoms with Gasteiger partial charge in [0, 0.05) is 42.8 Å². The fraction of sp³-hybridized carbons (Fsp3) is 0.300. The third-order valence-corrected chi connectivity index (χ3v) is 4.65. The second kappa shape index (κ2) is 8.51. The normalized spacial score (nSPS) is 11.9. The van der Waals surface area contributed by atoms with E-state index in [1.54, 1.807) is 31.6 Å². The van der Waals surface area contributed by atoms with Gasteiger partial charge in [0.2, 0.25) is 5.91 Å². The zero-order valence-electron chi connectivity index (χ0n) is 16.0. The molecule has 3 N–H and O–H groups in total. The minimum absolute atomic E-state index is 0.123. The van der Waals surface area contributed by atoms with Gasteiger partial charge >= 0.3 is 0 Å². The SMILES string of the molecule is Cc1nccn1CCCNC(=O)c1cccc(-c2cnn(C(C)C(N)=O)c2)c1. The van der Waals surface area contributed by atoms with Crippen molar-refractivity contribution in [2.75, 3.05) is 6.54 Å². The lowest BCUT2D eigenvalue weighted by molar-refractivity contribution is -0.120. The maximum Gasteiger partial charge on any atom is 0.251 e. The van der Waals surface area contributed by atoms with E-state index in [4.69, 9.17) is 5.73 Å². The number of aromatic nitrogens is 4. The number of imidazole rings is 1. The van der Waals surface area contributed by atoms with Gasteiger partial charge in [-0.05, 0) is 38.0 Å². The molecule has 0 aliphatic rings. The van der Waals surface area contributed by atoms with E-state index in [-0.39, 0.29) is 5.91 Å². The number of nitrogens with zero attached hydrogens (tertiary/aromatic N) is 4. The Morgan fingerprint density at radius 3 is 2.82 bits per heavy atom. The molecule has 0 aliphatic heterocycles. The molecule has 0 radical (unpaired) electrons. The maximum absolute atomic E-state index is 12.4. The minimum Gasteiger partial charge on any atom is -0.368 e. The summed E-state index contributed by atoms with van der Waals surface area (Å²) in [5.74, 6) is 0.390. The van der Waals surface area contributed by atoms with Gasteiger partial charge in [0.15, 0.2) is 0 Å². The Balaban J connectivity index is 1.60. The lowest BCUT2D eigenvalue weighted by Crippen LogP contribution is -2.25. The van der Waals surface area contributed by atoms with E-state index in [0.29, 0.717) is 12.1 Å². The van der Waals surface area contributed by atoms with Crippen LogP contribution in [0.3, 0.4) is 0 Å². The second-order valence-electron chi connectivity index (χ2n) is 6.65. The van der Waals surface area contributed by atoms with E-state index < -0.39 is 11.9 Å². The molecule has 0 spiro atoms. The Morgan fingerprint density at radius 1 is 1.29 bits per heavy atom. The zero-order chi connectivity index (χ0) is 20.1. The first-order chi connectivity index (χ1) is 13.5. The van der Waals surface area contributed by atoms with Crippen LogP contribution < -0.4 is 11.1 Å². The van der Waals surface area contributed by atoms with Gasteiger partial charge in [-0.1, -0.05) is 12.1 Å². The van der Waals surface area contributed by atoms with Gasteiger partial charge in [0.25, 0.3) is 5.91 Å². The van der Waals surface area contributed by atoms with Crippen LogP contribution in [0.5, 0.6) is 0 Å². The highest BCUT2D eigenvalue weighted by Crippen LogP contribution is 2.21. The van der Waals surface area contributed by atoms with Crippen molar-refractivity contribution in [1.82, 2.24) is 24.6 Å². The Kier molecular flexibility index (Phi) is 5.88. The highest BCUT2D eigenvalue weighted by molar-refractivity contribution is 5.95. The van der Waals surface area contributed by atoms with Crippen LogP contribution in [0, 0.1) is 6.92 Å². The second-order valence-corrected chi connectivity index (χ2v) is 6.65. The lowest BCUT2D eigenvalue weighted by Gasteiger charge is -2.08. The Bertz CT molecular complexity index is 974. The number of hydrogen-bond donors (Lipinski definition) is 2. The fourth-order valence-corrected chi connectivity index (χ4v) is 2.86. The molecule has 1 aromatic carbocycles. The summed E-state index contributed by atoms with van der Waals surface area (Å²) in [4.78, 5) is 27.9. The topological polar surface area (TPSA) is 108 Å². The molecule has 2 heterocycles. The van der Waals surface area contributed by atoms with Crippen molar-refractivity contribution in [2.45, 2.75) is 32.9 Å². The summed E-state index contributed by atoms with van der Waals surface area (Å²) in [6, 6.07) is 6.78. The first-order valence-electron chi connectivity index (χ1n) is 9.15. The molecule has 1 atom stereocenters. The lowest BCUT2D eigenvalue weighted by atomic mass is 10.1. The van der Waals surface area contributed by atoms with Crippen LogP contribution in [0.4, 0.5) is 0 Å². The minimum atomic E-state index is -0.528. The molecular formula is C20H24N6O2. The molecule has 8 heteroatoms. The summed E-state index contributed by atoms with van der Waals surface area (Å²) in [5, 5.41) is 7.13. The number of hydrogen-bond acceptors (Lipinski definition) is 4. The highest BCUT2D eigenvalue weighted by Gasteiger charge is 2.13. The third-order valence-electron chi connectivity index (χ3n) is 4.65. The van der Waals surface area contributed by atoms with Crippen LogP contribution in [-0.4, -0.2) is 37.7 Å². The third kappa shape index (κ3) is 4.46. The molecule has 146 valence electrons. The van der Waals surface area contributed by atoms with E-state index in [0.717, 1.165) is 29.9 Å². The van der Waals surface area contributed by atoms with E-state index in [1.807, 2.05) is 31.3 Å². The number of nitrogens with two attached hydrogens (primary N) is 1. The molecule has 3 rings (SSSR count). The van der Waals surface area contributed by atoms with Crippen molar-refractivity contribution >= 4 is 11.8 Å². The summed E-state index contributed by atoms with van der Waals surface area (Å²) in [7, 11) is 0. The Labute approximate surface area is 163 Å². The van der Waals surface area contributed by atoms with Gasteiger partial charge in [-0.25, -0.2) is 4.98 Å². The molecule has 0 fully saturated rings. The predicted octanol–water partition coefficient (Wildman–Crippen LogP) is 1.92. The van der Waals surface area contributed by atoms with Crippen LogP contribution in [0.15, 0.2) is 49.1 Å². The van der Waals surface area contributed by atoms with Crippen LogP contribution in [0.1, 0.15) is 35.6 Å². The van der Waals surface area contributed by atoms with Crippen LogP contribution in [0.25, 0.3) is 11.1 Å². The van der Waals surface area contributed by atoms with Crippen LogP contribution >= 0.6 is 0 Å². The number of benzene rings is 1. The predicted molar refractivity (Wildman–Crippen MR) is 105 cm³/mol. The van der Waals surface area contributed by atoms with Gasteiger partial charge in [-0.15, -0.1) is 0 Å². The molecule has 2 aromatic heterocycles. The van der Waals surface area contributed by atoms with Crippen molar-refractivity contribution in [2.24, 2.45) is 5.73 Å². The van der Waals surface area contributed by atoms with Crippen molar-refractivity contribution in [3.05, 3.63) is 60.4 Å². The number of rotatable bonds is 8. The maximum atomic E-state index is 12.4. The average molecular weight is 380 g/mol. The van der Waals surface area contributed by atoms with E-state index in [9.17, 15) is 9.59 Å². The standard InChI is InChI=1S/C20H24N6O2/c1-14(19(21)27)26-13-18(12-24-26)16-5-3-6-17(11-16)20(28)23-7-4-9-25-10-8-22-15(25)2/h3,5-6,8,10-14H,4,7,9H2,1-2H3,(H2,21,27)(H,23,28). The Hall–Kier alpha value is -3.42. The number of amides is 2. The largest absolute Gasteiger partial charge is 0.368 e. The molecule has 28 heavy (non-hydrogen) atoms. The van der Waals surface area contributed by atoms with Crippen molar-refractivity contribution in [3.63, 3.8) is 0 Å². The summed E-state index contributed by atoms with van der Waals surface area (Å²) < 4.78 is 3.57. The molecule has 0 saturated heterocycles. The molecule has 0 bridgehead atoms. The fourth-order valence-electron chi connectivity index (χ4n) is 2.86. The highest BCUT2D eigenvalue weighted by atomic mass is 16.2. The van der Waals surface area contributed by atoms with Crippen LogP contribution in [0.2, 0.25) is 0 Å². The number of nitrogens with one attached hydrogen (secondary N) is 1. The van der Waals surface area contributed by atoms with Crippen molar-refractivity contribution < 1.29 is 9.59 Å². The number of carbonyl (C=O) groups is 2.